The van der Waals surface area contributed by atoms with Crippen LogP contribution >= 0.6 is 11.6 Å². The first kappa shape index (κ1) is 28.5. The molecule has 0 bridgehead atoms. The number of amides is 2. The summed E-state index contributed by atoms with van der Waals surface area (Å²) in [6, 6.07) is 10.9. The molecule has 11 heteroatoms. The van der Waals surface area contributed by atoms with Crippen molar-refractivity contribution in [3.8, 4) is 0 Å². The summed E-state index contributed by atoms with van der Waals surface area (Å²) < 4.78 is 41.5. The number of hydrogen-bond acceptors (Lipinski definition) is 4. The summed E-state index contributed by atoms with van der Waals surface area (Å²) in [6.45, 7) is 3.56. The highest BCUT2D eigenvalue weighted by Crippen LogP contribution is 2.23. The van der Waals surface area contributed by atoms with Crippen molar-refractivity contribution in [1.82, 2.24) is 14.5 Å². The number of anilines is 1. The number of nitrogens with zero attached hydrogens (tertiary/aromatic N) is 3. The Kier molecular flexibility index (Phi) is 10.5. The molecule has 8 nitrogen and oxygen atoms in total. The predicted octanol–water partition coefficient (Wildman–Crippen LogP) is 3.43. The van der Waals surface area contributed by atoms with E-state index >= 15 is 0 Å². The number of hydrogen-bond donors (Lipinski definition) is 1. The van der Waals surface area contributed by atoms with Crippen LogP contribution in [0.2, 0.25) is 5.02 Å². The van der Waals surface area contributed by atoms with Gasteiger partial charge in [-0.15, -0.1) is 0 Å². The van der Waals surface area contributed by atoms with Crippen LogP contribution in [0, 0.1) is 5.82 Å². The molecule has 2 amide bonds. The molecule has 1 N–H and O–H groups in total. The fourth-order valence-corrected chi connectivity index (χ4v) is 4.67. The number of rotatable bonds is 12. The number of halogens is 2. The molecule has 0 saturated carbocycles. The van der Waals surface area contributed by atoms with Crippen LogP contribution < -0.4 is 9.62 Å². The lowest BCUT2D eigenvalue weighted by Crippen LogP contribution is -2.53. The minimum Gasteiger partial charge on any atom is -0.354 e. The van der Waals surface area contributed by atoms with Gasteiger partial charge in [-0.1, -0.05) is 43.6 Å². The van der Waals surface area contributed by atoms with Crippen LogP contribution in [0.3, 0.4) is 0 Å². The van der Waals surface area contributed by atoms with E-state index in [-0.39, 0.29) is 18.1 Å². The second-order valence-electron chi connectivity index (χ2n) is 8.10. The monoisotopic (exact) mass is 526 g/mol. The van der Waals surface area contributed by atoms with Crippen molar-refractivity contribution in [3.05, 3.63) is 64.9 Å². The first-order chi connectivity index (χ1) is 16.5. The van der Waals surface area contributed by atoms with E-state index in [0.29, 0.717) is 23.6 Å². The lowest BCUT2D eigenvalue weighted by molar-refractivity contribution is -0.140. The van der Waals surface area contributed by atoms with Crippen molar-refractivity contribution >= 4 is 39.3 Å². The Balaban J connectivity index is 2.49. The summed E-state index contributed by atoms with van der Waals surface area (Å²) in [4.78, 5) is 27.9. The number of carbonyl (C=O) groups excluding carboxylic acids is 2. The maximum atomic E-state index is 13.7. The van der Waals surface area contributed by atoms with E-state index in [2.05, 4.69) is 5.32 Å². The molecule has 0 heterocycles. The van der Waals surface area contributed by atoms with Gasteiger partial charge in [0.25, 0.3) is 0 Å². The van der Waals surface area contributed by atoms with E-state index in [1.807, 2.05) is 6.92 Å². The molecule has 0 aliphatic carbocycles. The zero-order valence-corrected chi connectivity index (χ0v) is 21.9. The SMILES string of the molecule is CCCNC(=O)[C@@H](CC)N(Cc1ccccc1Cl)C(=O)CN(c1ccc(F)cc1)S(=O)(=O)N(C)C. The Morgan fingerprint density at radius 1 is 1.06 bits per heavy atom. The summed E-state index contributed by atoms with van der Waals surface area (Å²) in [5, 5.41) is 3.23. The zero-order valence-electron chi connectivity index (χ0n) is 20.4. The lowest BCUT2D eigenvalue weighted by atomic mass is 10.1. The third kappa shape index (κ3) is 7.39. The van der Waals surface area contributed by atoms with Gasteiger partial charge in [-0.3, -0.25) is 9.59 Å². The highest BCUT2D eigenvalue weighted by molar-refractivity contribution is 7.90. The van der Waals surface area contributed by atoms with Crippen LogP contribution in [0.1, 0.15) is 32.3 Å². The summed E-state index contributed by atoms with van der Waals surface area (Å²) in [5.41, 5.74) is 0.739. The average molecular weight is 527 g/mol. The van der Waals surface area contributed by atoms with E-state index in [4.69, 9.17) is 11.6 Å². The van der Waals surface area contributed by atoms with Crippen LogP contribution in [0.4, 0.5) is 10.1 Å². The van der Waals surface area contributed by atoms with Crippen LogP contribution in [-0.4, -0.2) is 62.7 Å². The van der Waals surface area contributed by atoms with Crippen LogP contribution in [0.25, 0.3) is 0 Å². The Morgan fingerprint density at radius 2 is 1.69 bits per heavy atom. The van der Waals surface area contributed by atoms with Gasteiger partial charge in [0.05, 0.1) is 5.69 Å². The van der Waals surface area contributed by atoms with Gasteiger partial charge in [0, 0.05) is 32.2 Å². The first-order valence-electron chi connectivity index (χ1n) is 11.3. The van der Waals surface area contributed by atoms with Crippen molar-refractivity contribution in [3.63, 3.8) is 0 Å². The van der Waals surface area contributed by atoms with E-state index < -0.39 is 34.5 Å². The number of carbonyl (C=O) groups is 2. The van der Waals surface area contributed by atoms with Crippen molar-refractivity contribution < 1.29 is 22.4 Å². The maximum Gasteiger partial charge on any atom is 0.304 e. The topological polar surface area (TPSA) is 90.0 Å². The molecule has 35 heavy (non-hydrogen) atoms. The molecule has 2 rings (SSSR count). The van der Waals surface area contributed by atoms with Crippen LogP contribution in [0.15, 0.2) is 48.5 Å². The van der Waals surface area contributed by atoms with Crippen LogP contribution in [0.5, 0.6) is 0 Å². The Labute approximate surface area is 211 Å². The zero-order chi connectivity index (χ0) is 26.2. The third-order valence-electron chi connectivity index (χ3n) is 5.37. The minimum absolute atomic E-state index is 0.00975. The molecule has 192 valence electrons. The largest absolute Gasteiger partial charge is 0.354 e. The molecule has 0 fully saturated rings. The fourth-order valence-electron chi connectivity index (χ4n) is 3.42. The molecule has 0 radical (unpaired) electrons. The number of benzene rings is 2. The molecule has 0 unspecified atom stereocenters. The maximum absolute atomic E-state index is 13.7. The quantitative estimate of drug-likeness (QED) is 0.459. The van der Waals surface area contributed by atoms with Crippen molar-refractivity contribution in [2.45, 2.75) is 39.3 Å². The smallest absolute Gasteiger partial charge is 0.304 e. The molecule has 1 atom stereocenters. The molecule has 2 aromatic rings. The summed E-state index contributed by atoms with van der Waals surface area (Å²) >= 11 is 6.33. The Hall–Kier alpha value is -2.69. The van der Waals surface area contributed by atoms with E-state index in [1.54, 1.807) is 31.2 Å². The van der Waals surface area contributed by atoms with Gasteiger partial charge >= 0.3 is 10.2 Å². The lowest BCUT2D eigenvalue weighted by Gasteiger charge is -2.34. The van der Waals surface area contributed by atoms with Gasteiger partial charge in [-0.2, -0.15) is 12.7 Å². The van der Waals surface area contributed by atoms with E-state index in [1.165, 1.54) is 31.1 Å². The summed E-state index contributed by atoms with van der Waals surface area (Å²) in [7, 11) is -1.43. The highest BCUT2D eigenvalue weighted by Gasteiger charge is 2.33. The Bertz CT molecular complexity index is 1110. The van der Waals surface area contributed by atoms with Crippen molar-refractivity contribution in [1.29, 1.82) is 0 Å². The van der Waals surface area contributed by atoms with Gasteiger partial charge in [0.1, 0.15) is 18.4 Å². The Morgan fingerprint density at radius 3 is 2.23 bits per heavy atom. The molecule has 2 aromatic carbocycles. The van der Waals surface area contributed by atoms with E-state index in [9.17, 15) is 22.4 Å². The molecule has 0 spiro atoms. The molecule has 0 aliphatic heterocycles. The van der Waals surface area contributed by atoms with Gasteiger partial charge in [-0.25, -0.2) is 8.70 Å². The second kappa shape index (κ2) is 12.9. The molecule has 0 aromatic heterocycles. The highest BCUT2D eigenvalue weighted by atomic mass is 35.5. The third-order valence-corrected chi connectivity index (χ3v) is 7.56. The summed E-state index contributed by atoms with van der Waals surface area (Å²) in [6.07, 6.45) is 1.03. The predicted molar refractivity (Wildman–Crippen MR) is 136 cm³/mol. The van der Waals surface area contributed by atoms with Crippen molar-refractivity contribution in [2.75, 3.05) is 31.5 Å². The normalized spacial score (nSPS) is 12.3. The molecular weight excluding hydrogens is 495 g/mol. The minimum atomic E-state index is -4.11. The number of nitrogens with one attached hydrogen (secondary N) is 1. The van der Waals surface area contributed by atoms with Crippen LogP contribution in [-0.2, 0) is 26.3 Å². The summed E-state index contributed by atoms with van der Waals surface area (Å²) in [5.74, 6) is -1.47. The molecular formula is C24H32ClFN4O4S. The fraction of sp³-hybridized carbons (Fsp3) is 0.417. The average Bonchev–Trinajstić information content (AvgIpc) is 2.82. The van der Waals surface area contributed by atoms with E-state index in [0.717, 1.165) is 27.2 Å². The standard InChI is InChI=1S/C24H32ClFN4O4S/c1-5-15-27-24(32)22(6-2)29(16-18-9-7-8-10-21(18)25)23(31)17-30(35(33,34)28(3)4)20-13-11-19(26)12-14-20/h7-14,22H,5-6,15-17H2,1-4H3,(H,27,32)/t22-/m1/s1. The van der Waals surface area contributed by atoms with Gasteiger partial charge in [-0.05, 0) is 48.7 Å². The molecule has 0 saturated heterocycles. The van der Waals surface area contributed by atoms with Gasteiger partial charge in [0.15, 0.2) is 0 Å². The van der Waals surface area contributed by atoms with Gasteiger partial charge < -0.3 is 10.2 Å². The molecule has 0 aliphatic rings. The second-order valence-corrected chi connectivity index (χ2v) is 10.6. The van der Waals surface area contributed by atoms with Crippen molar-refractivity contribution in [2.24, 2.45) is 0 Å². The first-order valence-corrected chi connectivity index (χ1v) is 13.1. The van der Waals surface area contributed by atoms with Gasteiger partial charge in [0.2, 0.25) is 11.8 Å².